The van der Waals surface area contributed by atoms with Crippen LogP contribution in [0.4, 0.5) is 0 Å². The third-order valence-electron chi connectivity index (χ3n) is 8.59. The number of amides is 2. The monoisotopic (exact) mass is 518 g/mol. The van der Waals surface area contributed by atoms with Gasteiger partial charge in [0.25, 0.3) is 0 Å². The summed E-state index contributed by atoms with van der Waals surface area (Å²) in [6.07, 6.45) is 11.6. The van der Waals surface area contributed by atoms with Crippen molar-refractivity contribution in [3.63, 3.8) is 0 Å². The van der Waals surface area contributed by atoms with Crippen molar-refractivity contribution < 1.29 is 24.2 Å². The Morgan fingerprint density at radius 1 is 1.14 bits per heavy atom. The van der Waals surface area contributed by atoms with E-state index in [1.807, 2.05) is 58.6 Å². The van der Waals surface area contributed by atoms with Gasteiger partial charge in [-0.2, -0.15) is 0 Å². The molecule has 1 N–H and O–H groups in total. The molecular weight excluding hydrogens is 476 g/mol. The number of fused-ring (bicyclic) bond motifs is 2. The second kappa shape index (κ2) is 9.82. The minimum atomic E-state index is -0.925. The number of aliphatic hydroxyl groups is 1. The van der Waals surface area contributed by atoms with Crippen LogP contribution in [-0.2, 0) is 19.1 Å². The van der Waals surface area contributed by atoms with E-state index in [1.165, 1.54) is 0 Å². The normalized spacial score (nSPS) is 37.5. The van der Waals surface area contributed by atoms with Gasteiger partial charge in [-0.1, -0.05) is 44.6 Å². The summed E-state index contributed by atoms with van der Waals surface area (Å²) in [5.41, 5.74) is -0.450. The summed E-state index contributed by atoms with van der Waals surface area (Å²) in [7, 11) is 0. The molecule has 0 aromatic heterocycles. The highest BCUT2D eigenvalue weighted by molar-refractivity contribution is 8.02. The van der Waals surface area contributed by atoms with E-state index in [-0.39, 0.29) is 30.3 Å². The third kappa shape index (κ3) is 4.22. The van der Waals surface area contributed by atoms with Gasteiger partial charge >= 0.3 is 5.97 Å². The number of aliphatic hydroxyl groups excluding tert-OH is 1. The molecule has 0 radical (unpaired) electrons. The van der Waals surface area contributed by atoms with Crippen LogP contribution in [0.1, 0.15) is 67.2 Å². The van der Waals surface area contributed by atoms with Gasteiger partial charge < -0.3 is 19.6 Å². The zero-order valence-electron chi connectivity index (χ0n) is 22.5. The average molecular weight is 519 g/mol. The molecule has 4 rings (SSSR count). The molecular formula is C28H42N2O5S. The molecule has 2 saturated heterocycles. The molecule has 7 atom stereocenters. The molecule has 0 aromatic rings. The van der Waals surface area contributed by atoms with Crippen LogP contribution in [0, 0.1) is 17.8 Å². The Labute approximate surface area is 219 Å². The second-order valence-corrected chi connectivity index (χ2v) is 13.8. The molecule has 0 aliphatic carbocycles. The first-order valence-corrected chi connectivity index (χ1v) is 14.2. The van der Waals surface area contributed by atoms with Crippen LogP contribution in [0.5, 0.6) is 0 Å². The van der Waals surface area contributed by atoms with E-state index < -0.39 is 39.0 Å². The number of nitrogens with zero attached hydrogens (tertiary/aromatic N) is 2. The van der Waals surface area contributed by atoms with E-state index in [0.717, 1.165) is 25.7 Å². The number of thioether (sulfide) groups is 1. The van der Waals surface area contributed by atoms with Crippen molar-refractivity contribution in [3.8, 4) is 0 Å². The van der Waals surface area contributed by atoms with E-state index in [2.05, 4.69) is 12.2 Å². The van der Waals surface area contributed by atoms with E-state index in [0.29, 0.717) is 13.2 Å². The molecule has 0 aromatic carbocycles. The zero-order chi connectivity index (χ0) is 26.5. The van der Waals surface area contributed by atoms with Crippen molar-refractivity contribution in [2.24, 2.45) is 17.8 Å². The maximum atomic E-state index is 14.4. The molecule has 200 valence electrons. The number of ether oxygens (including phenoxy) is 1. The SMILES string of the molecule is CC[C@H](C)[C@H](CO)N1C(=O)[C@@H]2[C@@H]3C(=O)OCCCC/C=C\[C@]3(C)S[C@@]23C=CCN(C(C)(C)C)C(=O)C13. The average Bonchev–Trinajstić information content (AvgIpc) is 3.13. The summed E-state index contributed by atoms with van der Waals surface area (Å²) in [6, 6.07) is -1.31. The summed E-state index contributed by atoms with van der Waals surface area (Å²) in [5, 5.41) is 10.5. The van der Waals surface area contributed by atoms with Crippen LogP contribution in [0.15, 0.2) is 24.3 Å². The topological polar surface area (TPSA) is 87.2 Å². The van der Waals surface area contributed by atoms with Gasteiger partial charge in [0.1, 0.15) is 6.04 Å². The lowest BCUT2D eigenvalue weighted by Crippen LogP contribution is -2.60. The number of allylic oxidation sites excluding steroid dienone is 1. The number of esters is 1. The quantitative estimate of drug-likeness (QED) is 0.452. The fraction of sp³-hybridized carbons (Fsp3) is 0.750. The number of likely N-dealkylation sites (tertiary alicyclic amines) is 1. The van der Waals surface area contributed by atoms with Crippen molar-refractivity contribution in [1.82, 2.24) is 9.80 Å². The predicted octanol–water partition coefficient (Wildman–Crippen LogP) is 3.56. The van der Waals surface area contributed by atoms with Crippen molar-refractivity contribution in [3.05, 3.63) is 24.3 Å². The molecule has 4 aliphatic heterocycles. The van der Waals surface area contributed by atoms with Crippen molar-refractivity contribution >= 4 is 29.5 Å². The van der Waals surface area contributed by atoms with Gasteiger partial charge in [0.15, 0.2) is 0 Å². The molecule has 0 bridgehead atoms. The fourth-order valence-electron chi connectivity index (χ4n) is 6.51. The Bertz CT molecular complexity index is 958. The number of cyclic esters (lactones) is 1. The molecule has 8 heteroatoms. The van der Waals surface area contributed by atoms with Gasteiger partial charge in [0.05, 0.1) is 35.8 Å². The van der Waals surface area contributed by atoms with Gasteiger partial charge in [0.2, 0.25) is 11.8 Å². The number of carbonyl (C=O) groups excluding carboxylic acids is 3. The molecule has 1 unspecified atom stereocenters. The summed E-state index contributed by atoms with van der Waals surface area (Å²) in [4.78, 5) is 45.9. The van der Waals surface area contributed by atoms with Crippen LogP contribution in [0.3, 0.4) is 0 Å². The first-order valence-electron chi connectivity index (χ1n) is 13.4. The molecule has 36 heavy (non-hydrogen) atoms. The Morgan fingerprint density at radius 3 is 2.50 bits per heavy atom. The summed E-state index contributed by atoms with van der Waals surface area (Å²) in [6.45, 7) is 12.6. The van der Waals surface area contributed by atoms with Crippen LogP contribution < -0.4 is 0 Å². The summed E-state index contributed by atoms with van der Waals surface area (Å²) >= 11 is 1.56. The number of hydrogen-bond acceptors (Lipinski definition) is 6. The van der Waals surface area contributed by atoms with Crippen molar-refractivity contribution in [2.75, 3.05) is 19.8 Å². The molecule has 2 fully saturated rings. The van der Waals surface area contributed by atoms with Crippen LogP contribution >= 0.6 is 11.8 Å². The highest BCUT2D eigenvalue weighted by Crippen LogP contribution is 2.65. The van der Waals surface area contributed by atoms with E-state index in [1.54, 1.807) is 16.7 Å². The van der Waals surface area contributed by atoms with Gasteiger partial charge in [-0.3, -0.25) is 14.4 Å². The van der Waals surface area contributed by atoms with Gasteiger partial charge in [-0.05, 0) is 52.9 Å². The molecule has 7 nitrogen and oxygen atoms in total. The smallest absolute Gasteiger partial charge is 0.311 e. The van der Waals surface area contributed by atoms with Crippen LogP contribution in [-0.4, -0.2) is 79.6 Å². The Morgan fingerprint density at radius 2 is 1.86 bits per heavy atom. The fourth-order valence-corrected chi connectivity index (χ4v) is 8.65. The molecule has 1 spiro atoms. The number of carbonyl (C=O) groups is 3. The Kier molecular flexibility index (Phi) is 7.43. The lowest BCUT2D eigenvalue weighted by molar-refractivity contribution is -0.155. The lowest BCUT2D eigenvalue weighted by atomic mass is 9.74. The Balaban J connectivity index is 1.93. The minimum Gasteiger partial charge on any atom is -0.465 e. The van der Waals surface area contributed by atoms with Crippen molar-refractivity contribution in [1.29, 1.82) is 0 Å². The number of rotatable bonds is 4. The standard InChI is InChI=1S/C28H42N2O5S/c1-7-18(2)19(17-31)30-22-24(33)29(26(3,4)5)15-12-14-28(22)20(23(30)32)21-25(34)35-16-11-9-8-10-13-27(21,6)36-28/h10,12-14,18-22,31H,7-9,11,15-17H2,1-6H3/b13-10-/t18-,19-,20-,21+,22?,27-,28-/m0/s1. The van der Waals surface area contributed by atoms with Crippen molar-refractivity contribution in [2.45, 2.75) is 94.3 Å². The first-order chi connectivity index (χ1) is 16.9. The molecule has 4 heterocycles. The van der Waals surface area contributed by atoms with Gasteiger partial charge in [-0.15, -0.1) is 11.8 Å². The molecule has 0 saturated carbocycles. The summed E-state index contributed by atoms with van der Waals surface area (Å²) < 4.78 is 4.12. The maximum absolute atomic E-state index is 14.4. The third-order valence-corrected chi connectivity index (χ3v) is 10.4. The second-order valence-electron chi connectivity index (χ2n) is 12.0. The molecule has 2 amide bonds. The highest BCUT2D eigenvalue weighted by atomic mass is 32.2. The maximum Gasteiger partial charge on any atom is 0.311 e. The van der Waals surface area contributed by atoms with Crippen LogP contribution in [0.25, 0.3) is 0 Å². The van der Waals surface area contributed by atoms with E-state index in [4.69, 9.17) is 4.74 Å². The molecule has 4 aliphatic rings. The zero-order valence-corrected chi connectivity index (χ0v) is 23.3. The Hall–Kier alpha value is -1.80. The summed E-state index contributed by atoms with van der Waals surface area (Å²) in [5.74, 6) is -2.18. The van der Waals surface area contributed by atoms with Crippen LogP contribution in [0.2, 0.25) is 0 Å². The highest BCUT2D eigenvalue weighted by Gasteiger charge is 2.74. The number of hydrogen-bond donors (Lipinski definition) is 1. The lowest BCUT2D eigenvalue weighted by Gasteiger charge is -2.43. The van der Waals surface area contributed by atoms with E-state index in [9.17, 15) is 19.5 Å². The minimum absolute atomic E-state index is 0.00905. The van der Waals surface area contributed by atoms with E-state index >= 15 is 0 Å². The van der Waals surface area contributed by atoms with Gasteiger partial charge in [-0.25, -0.2) is 0 Å². The first kappa shape index (κ1) is 27.2. The predicted molar refractivity (Wildman–Crippen MR) is 141 cm³/mol. The largest absolute Gasteiger partial charge is 0.465 e. The van der Waals surface area contributed by atoms with Gasteiger partial charge in [0, 0.05) is 16.8 Å².